The monoisotopic (exact) mass is 231 g/mol. The van der Waals surface area contributed by atoms with E-state index >= 15 is 0 Å². The van der Waals surface area contributed by atoms with Gasteiger partial charge in [-0.2, -0.15) is 0 Å². The largest absolute Gasteiger partial charge is 0.311 e. The Kier molecular flexibility index (Phi) is 4.16. The van der Waals surface area contributed by atoms with Crippen molar-refractivity contribution in [2.45, 2.75) is 13.0 Å². The van der Waals surface area contributed by atoms with Gasteiger partial charge in [-0.25, -0.2) is 4.39 Å². The van der Waals surface area contributed by atoms with Crippen LogP contribution in [0, 0.1) is 5.82 Å². The van der Waals surface area contributed by atoms with Crippen LogP contribution in [0.4, 0.5) is 4.39 Å². The number of halogens is 1. The van der Waals surface area contributed by atoms with Crippen LogP contribution in [0.1, 0.15) is 11.3 Å². The predicted molar refractivity (Wildman–Crippen MR) is 63.8 cm³/mol. The predicted octanol–water partition coefficient (Wildman–Crippen LogP) is 1.95. The average molecular weight is 231 g/mol. The Hall–Kier alpha value is -1.81. The average Bonchev–Trinajstić information content (AvgIpc) is 2.36. The van der Waals surface area contributed by atoms with Crippen LogP contribution in [-0.4, -0.2) is 16.5 Å². The maximum absolute atomic E-state index is 12.9. The van der Waals surface area contributed by atoms with E-state index in [1.165, 1.54) is 6.07 Å². The lowest BCUT2D eigenvalue weighted by molar-refractivity contribution is 0.622. The number of nitrogens with one attached hydrogen (secondary N) is 1. The summed E-state index contributed by atoms with van der Waals surface area (Å²) in [6, 6.07) is 6.67. The Labute approximate surface area is 99.7 Å². The Balaban J connectivity index is 1.73. The van der Waals surface area contributed by atoms with E-state index in [0.29, 0.717) is 6.54 Å². The number of nitrogens with zero attached hydrogens (tertiary/aromatic N) is 2. The van der Waals surface area contributed by atoms with Gasteiger partial charge in [0.05, 0.1) is 5.69 Å². The quantitative estimate of drug-likeness (QED) is 0.799. The summed E-state index contributed by atoms with van der Waals surface area (Å²) < 4.78 is 12.9. The second kappa shape index (κ2) is 6.06. The van der Waals surface area contributed by atoms with E-state index in [0.717, 1.165) is 24.2 Å². The number of benzene rings is 1. The van der Waals surface area contributed by atoms with Gasteiger partial charge in [0.1, 0.15) is 5.82 Å². The van der Waals surface area contributed by atoms with Crippen LogP contribution in [0.25, 0.3) is 0 Å². The van der Waals surface area contributed by atoms with Crippen molar-refractivity contribution >= 4 is 0 Å². The van der Waals surface area contributed by atoms with Gasteiger partial charge in [-0.1, -0.05) is 12.1 Å². The van der Waals surface area contributed by atoms with Crippen molar-refractivity contribution in [3.63, 3.8) is 0 Å². The molecule has 1 aromatic carbocycles. The molecule has 0 aliphatic heterocycles. The molecule has 0 saturated heterocycles. The van der Waals surface area contributed by atoms with Gasteiger partial charge < -0.3 is 5.32 Å². The minimum atomic E-state index is -0.184. The topological polar surface area (TPSA) is 37.8 Å². The highest BCUT2D eigenvalue weighted by Crippen LogP contribution is 2.03. The zero-order valence-electron chi connectivity index (χ0n) is 9.44. The first kappa shape index (κ1) is 11.7. The Morgan fingerprint density at radius 2 is 2.18 bits per heavy atom. The van der Waals surface area contributed by atoms with Crippen molar-refractivity contribution in [1.82, 2.24) is 15.3 Å². The Bertz CT molecular complexity index is 459. The third kappa shape index (κ3) is 3.92. The van der Waals surface area contributed by atoms with Crippen molar-refractivity contribution in [3.05, 3.63) is 59.9 Å². The molecule has 0 atom stereocenters. The lowest BCUT2D eigenvalue weighted by atomic mass is 10.1. The molecule has 3 nitrogen and oxygen atoms in total. The van der Waals surface area contributed by atoms with Gasteiger partial charge >= 0.3 is 0 Å². The van der Waals surface area contributed by atoms with E-state index < -0.39 is 0 Å². The maximum Gasteiger partial charge on any atom is 0.123 e. The van der Waals surface area contributed by atoms with E-state index in [-0.39, 0.29) is 5.82 Å². The molecule has 0 aliphatic carbocycles. The first-order valence-corrected chi connectivity index (χ1v) is 5.54. The molecule has 0 bridgehead atoms. The van der Waals surface area contributed by atoms with E-state index in [4.69, 9.17) is 0 Å². The highest BCUT2D eigenvalue weighted by atomic mass is 19.1. The molecule has 0 amide bonds. The SMILES string of the molecule is Fc1cccc(CCNCc2cnccn2)c1. The third-order valence-electron chi connectivity index (χ3n) is 2.40. The minimum absolute atomic E-state index is 0.184. The first-order valence-electron chi connectivity index (χ1n) is 5.54. The number of hydrogen-bond acceptors (Lipinski definition) is 3. The third-order valence-corrected chi connectivity index (χ3v) is 2.40. The summed E-state index contributed by atoms with van der Waals surface area (Å²) in [5.74, 6) is -0.184. The van der Waals surface area contributed by atoms with Crippen LogP contribution >= 0.6 is 0 Å². The molecule has 0 aliphatic rings. The summed E-state index contributed by atoms with van der Waals surface area (Å²) >= 11 is 0. The fraction of sp³-hybridized carbons (Fsp3) is 0.231. The second-order valence-electron chi connectivity index (χ2n) is 3.75. The van der Waals surface area contributed by atoms with Gasteiger partial charge in [0.15, 0.2) is 0 Å². The van der Waals surface area contributed by atoms with Gasteiger partial charge in [0.2, 0.25) is 0 Å². The van der Waals surface area contributed by atoms with Gasteiger partial charge in [0.25, 0.3) is 0 Å². The van der Waals surface area contributed by atoms with Gasteiger partial charge in [0, 0.05) is 25.1 Å². The molecular formula is C13H14FN3. The van der Waals surface area contributed by atoms with Crippen LogP contribution in [0.3, 0.4) is 0 Å². The van der Waals surface area contributed by atoms with Crippen LogP contribution in [0.5, 0.6) is 0 Å². The molecule has 1 heterocycles. The molecule has 0 unspecified atom stereocenters. The van der Waals surface area contributed by atoms with Crippen LogP contribution < -0.4 is 5.32 Å². The summed E-state index contributed by atoms with van der Waals surface area (Å²) in [7, 11) is 0. The molecule has 0 radical (unpaired) electrons. The number of hydrogen-bond donors (Lipinski definition) is 1. The van der Waals surface area contributed by atoms with Crippen molar-refractivity contribution in [1.29, 1.82) is 0 Å². The van der Waals surface area contributed by atoms with Gasteiger partial charge in [-0.05, 0) is 30.7 Å². The fourth-order valence-corrected chi connectivity index (χ4v) is 1.56. The molecule has 1 aromatic heterocycles. The Morgan fingerprint density at radius 3 is 2.94 bits per heavy atom. The zero-order chi connectivity index (χ0) is 11.9. The second-order valence-corrected chi connectivity index (χ2v) is 3.75. The molecule has 1 N–H and O–H groups in total. The summed E-state index contributed by atoms with van der Waals surface area (Å²) in [6.45, 7) is 1.48. The van der Waals surface area contributed by atoms with Crippen molar-refractivity contribution < 1.29 is 4.39 Å². The van der Waals surface area contributed by atoms with Gasteiger partial charge in [-0.3, -0.25) is 9.97 Å². The van der Waals surface area contributed by atoms with E-state index in [2.05, 4.69) is 15.3 Å². The summed E-state index contributed by atoms with van der Waals surface area (Å²) in [5.41, 5.74) is 1.91. The molecule has 0 fully saturated rings. The standard InChI is InChI=1S/C13H14FN3/c14-12-3-1-2-11(8-12)4-5-15-9-13-10-16-6-7-17-13/h1-3,6-8,10,15H,4-5,9H2. The van der Waals surface area contributed by atoms with Crippen molar-refractivity contribution in [3.8, 4) is 0 Å². The lowest BCUT2D eigenvalue weighted by Gasteiger charge is -2.04. The van der Waals surface area contributed by atoms with Crippen LogP contribution in [-0.2, 0) is 13.0 Å². The number of rotatable bonds is 5. The molecule has 0 saturated carbocycles. The summed E-state index contributed by atoms with van der Waals surface area (Å²) in [5, 5.41) is 3.24. The van der Waals surface area contributed by atoms with Crippen molar-refractivity contribution in [2.24, 2.45) is 0 Å². The Morgan fingerprint density at radius 1 is 1.24 bits per heavy atom. The molecule has 2 aromatic rings. The summed E-state index contributed by atoms with van der Waals surface area (Å²) in [6.07, 6.45) is 5.85. The first-order chi connectivity index (χ1) is 8.34. The van der Waals surface area contributed by atoms with Crippen LogP contribution in [0.15, 0.2) is 42.9 Å². The van der Waals surface area contributed by atoms with E-state index in [1.54, 1.807) is 30.7 Å². The normalized spacial score (nSPS) is 10.4. The summed E-state index contributed by atoms with van der Waals surface area (Å²) in [4.78, 5) is 8.13. The van der Waals surface area contributed by atoms with E-state index in [1.807, 2.05) is 6.07 Å². The lowest BCUT2D eigenvalue weighted by Crippen LogP contribution is -2.17. The highest BCUT2D eigenvalue weighted by Gasteiger charge is 1.96. The highest BCUT2D eigenvalue weighted by molar-refractivity contribution is 5.16. The molecule has 2 rings (SSSR count). The van der Waals surface area contributed by atoms with Crippen molar-refractivity contribution in [2.75, 3.05) is 6.54 Å². The number of aromatic nitrogens is 2. The van der Waals surface area contributed by atoms with E-state index in [9.17, 15) is 4.39 Å². The van der Waals surface area contributed by atoms with Crippen LogP contribution in [0.2, 0.25) is 0 Å². The zero-order valence-corrected chi connectivity index (χ0v) is 9.44. The molecule has 0 spiro atoms. The fourth-order valence-electron chi connectivity index (χ4n) is 1.56. The molecule has 88 valence electrons. The maximum atomic E-state index is 12.9. The smallest absolute Gasteiger partial charge is 0.123 e. The molecular weight excluding hydrogens is 217 g/mol. The molecule has 17 heavy (non-hydrogen) atoms. The minimum Gasteiger partial charge on any atom is -0.311 e. The molecule has 4 heteroatoms. The van der Waals surface area contributed by atoms with Gasteiger partial charge in [-0.15, -0.1) is 0 Å².